The van der Waals surface area contributed by atoms with E-state index in [4.69, 9.17) is 4.99 Å². The maximum atomic E-state index is 13.1. The fraction of sp³-hybridized carbons (Fsp3) is 0.286. The van der Waals surface area contributed by atoms with Crippen LogP contribution in [0.3, 0.4) is 0 Å². The lowest BCUT2D eigenvalue weighted by molar-refractivity contribution is -0.122. The van der Waals surface area contributed by atoms with Crippen molar-refractivity contribution in [2.45, 2.75) is 26.2 Å². The van der Waals surface area contributed by atoms with E-state index in [1.54, 1.807) is 4.90 Å². The highest BCUT2D eigenvalue weighted by atomic mass is 79.9. The molecule has 27 heavy (non-hydrogen) atoms. The molecule has 5 nitrogen and oxygen atoms in total. The molecule has 0 bridgehead atoms. The predicted molar refractivity (Wildman–Crippen MR) is 111 cm³/mol. The van der Waals surface area contributed by atoms with E-state index in [0.29, 0.717) is 11.4 Å². The van der Waals surface area contributed by atoms with Gasteiger partial charge in [0.05, 0.1) is 17.3 Å². The second-order valence-corrected chi connectivity index (χ2v) is 7.83. The molecule has 0 aromatic heterocycles. The number of aryl methyl sites for hydroxylation is 1. The van der Waals surface area contributed by atoms with Crippen molar-refractivity contribution in [3.05, 3.63) is 52.5 Å². The number of carbonyl (C=O) groups is 2. The minimum Gasteiger partial charge on any atom is -0.325 e. The maximum Gasteiger partial charge on any atom is 0.244 e. The van der Waals surface area contributed by atoms with Crippen LogP contribution in [0, 0.1) is 12.8 Å². The van der Waals surface area contributed by atoms with Crippen LogP contribution in [-0.2, 0) is 9.59 Å². The van der Waals surface area contributed by atoms with Gasteiger partial charge in [0.15, 0.2) is 0 Å². The minimum atomic E-state index is -0.221. The first-order valence-electron chi connectivity index (χ1n) is 9.07. The Morgan fingerprint density at radius 3 is 2.93 bits per heavy atom. The third kappa shape index (κ3) is 3.54. The molecule has 0 unspecified atom stereocenters. The smallest absolute Gasteiger partial charge is 0.244 e. The van der Waals surface area contributed by atoms with Crippen molar-refractivity contribution >= 4 is 50.5 Å². The molecule has 1 fully saturated rings. The first kappa shape index (κ1) is 17.9. The number of para-hydroxylation sites is 2. The van der Waals surface area contributed by atoms with Gasteiger partial charge in [-0.25, -0.2) is 0 Å². The maximum absolute atomic E-state index is 13.1. The molecule has 0 saturated heterocycles. The van der Waals surface area contributed by atoms with E-state index in [1.807, 2.05) is 49.4 Å². The number of halogens is 1. The summed E-state index contributed by atoms with van der Waals surface area (Å²) in [5.74, 6) is -0.459. The lowest BCUT2D eigenvalue weighted by atomic mass is 10.1. The molecular formula is C21H20BrN3O2. The number of rotatable bonds is 3. The molecule has 1 N–H and O–H groups in total. The van der Waals surface area contributed by atoms with Gasteiger partial charge >= 0.3 is 0 Å². The Morgan fingerprint density at radius 2 is 2.11 bits per heavy atom. The molecular weight excluding hydrogens is 406 g/mol. The number of amides is 2. The number of anilines is 2. The molecule has 1 atom stereocenters. The second kappa shape index (κ2) is 7.27. The summed E-state index contributed by atoms with van der Waals surface area (Å²) in [6.45, 7) is 1.94. The number of hydrogen-bond donors (Lipinski definition) is 1. The van der Waals surface area contributed by atoms with Crippen LogP contribution in [0.5, 0.6) is 0 Å². The van der Waals surface area contributed by atoms with Gasteiger partial charge in [-0.05, 0) is 62.1 Å². The van der Waals surface area contributed by atoms with Gasteiger partial charge in [0.1, 0.15) is 6.54 Å². The van der Waals surface area contributed by atoms with Gasteiger partial charge in [-0.1, -0.05) is 28.1 Å². The SMILES string of the molecule is Cc1cc(NC(=O)CN2C(=O)[C@H]3CCCC3=Nc3ccccc32)ccc1Br. The summed E-state index contributed by atoms with van der Waals surface area (Å²) in [6, 6.07) is 13.2. The molecule has 2 aromatic carbocycles. The predicted octanol–water partition coefficient (Wildman–Crippen LogP) is 4.62. The molecule has 4 rings (SSSR count). The highest BCUT2D eigenvalue weighted by molar-refractivity contribution is 9.10. The van der Waals surface area contributed by atoms with Crippen LogP contribution >= 0.6 is 15.9 Å². The monoisotopic (exact) mass is 425 g/mol. The highest BCUT2D eigenvalue weighted by Gasteiger charge is 2.37. The van der Waals surface area contributed by atoms with Crippen LogP contribution in [0.1, 0.15) is 24.8 Å². The summed E-state index contributed by atoms with van der Waals surface area (Å²) < 4.78 is 0.989. The zero-order valence-corrected chi connectivity index (χ0v) is 16.6. The number of carbonyl (C=O) groups excluding carboxylic acids is 2. The van der Waals surface area contributed by atoms with Crippen LogP contribution in [0.25, 0.3) is 0 Å². The molecule has 0 radical (unpaired) electrons. The zero-order valence-electron chi connectivity index (χ0n) is 15.0. The van der Waals surface area contributed by atoms with Crippen molar-refractivity contribution in [3.8, 4) is 0 Å². The van der Waals surface area contributed by atoms with Gasteiger partial charge in [-0.2, -0.15) is 0 Å². The normalized spacial score (nSPS) is 18.4. The Morgan fingerprint density at radius 1 is 1.30 bits per heavy atom. The van der Waals surface area contributed by atoms with Crippen molar-refractivity contribution in [1.29, 1.82) is 0 Å². The van der Waals surface area contributed by atoms with E-state index in [2.05, 4.69) is 21.2 Å². The largest absolute Gasteiger partial charge is 0.325 e. The molecule has 6 heteroatoms. The first-order valence-corrected chi connectivity index (χ1v) is 9.86. The van der Waals surface area contributed by atoms with E-state index < -0.39 is 0 Å². The fourth-order valence-corrected chi connectivity index (χ4v) is 3.95. The van der Waals surface area contributed by atoms with Crippen LogP contribution in [0.2, 0.25) is 0 Å². The van der Waals surface area contributed by atoms with Crippen LogP contribution in [-0.4, -0.2) is 24.1 Å². The molecule has 138 valence electrons. The number of benzene rings is 2. The van der Waals surface area contributed by atoms with E-state index in [1.165, 1.54) is 0 Å². The van der Waals surface area contributed by atoms with Crippen molar-refractivity contribution in [2.75, 3.05) is 16.8 Å². The van der Waals surface area contributed by atoms with Gasteiger partial charge in [0.2, 0.25) is 11.8 Å². The summed E-state index contributed by atoms with van der Waals surface area (Å²) in [5, 5.41) is 2.90. The van der Waals surface area contributed by atoms with Crippen molar-refractivity contribution in [3.63, 3.8) is 0 Å². The number of nitrogens with one attached hydrogen (secondary N) is 1. The summed E-state index contributed by atoms with van der Waals surface area (Å²) in [4.78, 5) is 32.1. The Hall–Kier alpha value is -2.47. The van der Waals surface area contributed by atoms with Crippen molar-refractivity contribution < 1.29 is 9.59 Å². The van der Waals surface area contributed by atoms with Crippen molar-refractivity contribution in [1.82, 2.24) is 0 Å². The zero-order chi connectivity index (χ0) is 19.0. The van der Waals surface area contributed by atoms with Gasteiger partial charge in [-0.3, -0.25) is 14.6 Å². The number of aliphatic imine (C=N–C) groups is 1. The van der Waals surface area contributed by atoms with E-state index in [0.717, 1.165) is 40.7 Å². The fourth-order valence-electron chi connectivity index (χ4n) is 3.71. The Kier molecular flexibility index (Phi) is 4.83. The second-order valence-electron chi connectivity index (χ2n) is 6.97. The molecule has 2 amide bonds. The van der Waals surface area contributed by atoms with Gasteiger partial charge < -0.3 is 10.2 Å². The highest BCUT2D eigenvalue weighted by Crippen LogP contribution is 2.37. The third-order valence-electron chi connectivity index (χ3n) is 5.07. The Labute approximate surface area is 166 Å². The molecule has 1 saturated carbocycles. The third-order valence-corrected chi connectivity index (χ3v) is 5.96. The molecule has 2 aliphatic rings. The Bertz CT molecular complexity index is 954. The molecule has 1 aliphatic carbocycles. The summed E-state index contributed by atoms with van der Waals surface area (Å²) in [7, 11) is 0. The molecule has 1 aliphatic heterocycles. The summed E-state index contributed by atoms with van der Waals surface area (Å²) in [5.41, 5.74) is 4.16. The van der Waals surface area contributed by atoms with E-state index in [9.17, 15) is 9.59 Å². The van der Waals surface area contributed by atoms with E-state index >= 15 is 0 Å². The Balaban J connectivity index is 1.59. The van der Waals surface area contributed by atoms with Crippen LogP contribution < -0.4 is 10.2 Å². The topological polar surface area (TPSA) is 61.8 Å². The van der Waals surface area contributed by atoms with Crippen LogP contribution in [0.15, 0.2) is 51.9 Å². The standard InChI is InChI=1S/C21H20BrN3O2/c1-13-11-14(9-10-16(13)22)23-20(26)12-25-19-8-3-2-6-18(19)24-17-7-4-5-15(17)21(25)27/h2-3,6,8-11,15H,4-5,7,12H2,1H3,(H,23,26)/t15-/m0/s1. The molecule has 0 spiro atoms. The van der Waals surface area contributed by atoms with Crippen molar-refractivity contribution in [2.24, 2.45) is 10.9 Å². The van der Waals surface area contributed by atoms with Crippen LogP contribution in [0.4, 0.5) is 17.1 Å². The lowest BCUT2D eigenvalue weighted by Crippen LogP contribution is -2.41. The summed E-state index contributed by atoms with van der Waals surface area (Å²) >= 11 is 3.46. The van der Waals surface area contributed by atoms with Gasteiger partial charge in [0, 0.05) is 15.9 Å². The number of hydrogen-bond acceptors (Lipinski definition) is 3. The lowest BCUT2D eigenvalue weighted by Gasteiger charge is -2.24. The molecule has 2 aromatic rings. The van der Waals surface area contributed by atoms with Gasteiger partial charge in [-0.15, -0.1) is 0 Å². The quantitative estimate of drug-likeness (QED) is 0.779. The first-order chi connectivity index (χ1) is 13.0. The minimum absolute atomic E-state index is 0.0236. The number of nitrogens with zero attached hydrogens (tertiary/aromatic N) is 2. The van der Waals surface area contributed by atoms with E-state index in [-0.39, 0.29) is 24.3 Å². The summed E-state index contributed by atoms with van der Waals surface area (Å²) in [6.07, 6.45) is 2.62. The number of fused-ring (bicyclic) bond motifs is 2. The average Bonchev–Trinajstić information content (AvgIpc) is 3.07. The average molecular weight is 426 g/mol. The van der Waals surface area contributed by atoms with Gasteiger partial charge in [0.25, 0.3) is 0 Å². The molecule has 1 heterocycles.